The number of carboxylic acid groups (broad SMARTS) is 1. The molecule has 2 unspecified atom stereocenters. The summed E-state index contributed by atoms with van der Waals surface area (Å²) in [6, 6.07) is 18.0. The molecule has 2 aromatic carbocycles. The minimum atomic E-state index is -1.16. The predicted octanol–water partition coefficient (Wildman–Crippen LogP) is 5.96. The molecule has 270 valence electrons. The second kappa shape index (κ2) is 15.2. The first-order chi connectivity index (χ1) is 24.9. The topological polar surface area (TPSA) is 160 Å². The van der Waals surface area contributed by atoms with Crippen LogP contribution in [-0.2, 0) is 22.7 Å². The molecule has 0 saturated heterocycles. The number of carbonyl (C=O) groups excluding carboxylic acids is 3. The van der Waals surface area contributed by atoms with Crippen molar-refractivity contribution in [1.82, 2.24) is 30.1 Å². The fraction of sp³-hybridized carbons (Fsp3) is 0.359. The number of hydrogen-bond donors (Lipinski definition) is 3. The van der Waals surface area contributed by atoms with Crippen molar-refractivity contribution in [3.05, 3.63) is 102 Å². The Hall–Kier alpha value is -5.85. The summed E-state index contributed by atoms with van der Waals surface area (Å²) < 4.78 is 0. The Morgan fingerprint density at radius 3 is 2.48 bits per heavy atom. The van der Waals surface area contributed by atoms with Crippen LogP contribution in [0.4, 0.5) is 15.3 Å². The Balaban J connectivity index is 1.14. The van der Waals surface area contributed by atoms with Crippen molar-refractivity contribution in [2.24, 2.45) is 5.10 Å². The van der Waals surface area contributed by atoms with Crippen LogP contribution in [0, 0.1) is 0 Å². The monoisotopic (exact) mass is 704 g/mol. The Morgan fingerprint density at radius 1 is 0.981 bits per heavy atom. The van der Waals surface area contributed by atoms with E-state index in [1.54, 1.807) is 51.2 Å². The first-order valence-corrected chi connectivity index (χ1v) is 17.5. The maximum Gasteiger partial charge on any atom is 0.408 e. The van der Waals surface area contributed by atoms with Gasteiger partial charge in [0.25, 0.3) is 5.91 Å². The molecule has 4 heterocycles. The van der Waals surface area contributed by atoms with Crippen LogP contribution in [0.25, 0.3) is 10.9 Å². The van der Waals surface area contributed by atoms with Gasteiger partial charge in [0.1, 0.15) is 6.04 Å². The number of pyridine rings is 2. The highest BCUT2D eigenvalue weighted by molar-refractivity contribution is 6.07. The number of aromatic nitrogens is 2. The number of urea groups is 1. The number of hydrazone groups is 1. The smallest absolute Gasteiger partial charge is 0.408 e. The van der Waals surface area contributed by atoms with E-state index in [1.165, 1.54) is 5.01 Å². The van der Waals surface area contributed by atoms with Crippen LogP contribution in [0.1, 0.15) is 75.1 Å². The Morgan fingerprint density at radius 2 is 1.75 bits per heavy atom. The number of carbonyl (C=O) groups is 4. The number of amides is 5. The summed E-state index contributed by atoms with van der Waals surface area (Å²) >= 11 is 0. The van der Waals surface area contributed by atoms with Gasteiger partial charge in [0.15, 0.2) is 0 Å². The zero-order valence-corrected chi connectivity index (χ0v) is 29.9. The molecule has 2 aromatic heterocycles. The Labute approximate surface area is 302 Å². The molecule has 52 heavy (non-hydrogen) atoms. The van der Waals surface area contributed by atoms with Gasteiger partial charge >= 0.3 is 12.1 Å². The van der Waals surface area contributed by atoms with Crippen LogP contribution in [0.3, 0.4) is 0 Å². The lowest BCUT2D eigenvalue weighted by Crippen LogP contribution is -2.55. The van der Waals surface area contributed by atoms with Gasteiger partial charge in [0, 0.05) is 67.8 Å². The van der Waals surface area contributed by atoms with E-state index >= 15 is 0 Å². The molecule has 3 N–H and O–H groups in total. The number of benzene rings is 2. The largest absolute Gasteiger partial charge is 0.465 e. The van der Waals surface area contributed by atoms with E-state index in [-0.39, 0.29) is 17.8 Å². The van der Waals surface area contributed by atoms with Crippen molar-refractivity contribution in [3.8, 4) is 0 Å². The van der Waals surface area contributed by atoms with Gasteiger partial charge in [0.05, 0.1) is 17.1 Å². The molecule has 0 saturated carbocycles. The first kappa shape index (κ1) is 36.0. The van der Waals surface area contributed by atoms with E-state index in [4.69, 9.17) is 5.10 Å². The van der Waals surface area contributed by atoms with E-state index in [2.05, 4.69) is 20.6 Å². The molecular weight excluding hydrogens is 660 g/mol. The van der Waals surface area contributed by atoms with Crippen molar-refractivity contribution in [2.45, 2.75) is 77.5 Å². The van der Waals surface area contributed by atoms with Crippen LogP contribution in [0.2, 0.25) is 0 Å². The average Bonchev–Trinajstić information content (AvgIpc) is 3.56. The summed E-state index contributed by atoms with van der Waals surface area (Å²) in [5.74, 6) is -0.990. The van der Waals surface area contributed by atoms with Gasteiger partial charge in [-0.2, -0.15) is 5.10 Å². The molecule has 2 aliphatic heterocycles. The highest BCUT2D eigenvalue weighted by Crippen LogP contribution is 2.34. The van der Waals surface area contributed by atoms with Gasteiger partial charge in [-0.3, -0.25) is 24.5 Å². The predicted molar refractivity (Wildman–Crippen MR) is 198 cm³/mol. The number of nitrogens with one attached hydrogen (secondary N) is 2. The SMILES string of the molecule is CC(C(=O)NCCCCN1N=C(c2ccc(NC(=O)N3Cc4ccncc4C3)cc2)CC(c2cccc3ncccc23)C1=O)N(C(=O)O)C(C)(C)C. The van der Waals surface area contributed by atoms with Crippen molar-refractivity contribution >= 4 is 46.2 Å². The van der Waals surface area contributed by atoms with Gasteiger partial charge in [-0.15, -0.1) is 0 Å². The van der Waals surface area contributed by atoms with Gasteiger partial charge in [0.2, 0.25) is 5.91 Å². The molecule has 0 radical (unpaired) electrons. The molecule has 4 aromatic rings. The third-order valence-corrected chi connectivity index (χ3v) is 9.52. The molecular formula is C39H44N8O5. The molecule has 13 heteroatoms. The number of nitrogens with zero attached hydrogens (tertiary/aromatic N) is 6. The highest BCUT2D eigenvalue weighted by atomic mass is 16.4. The van der Waals surface area contributed by atoms with Crippen LogP contribution in [0.5, 0.6) is 0 Å². The van der Waals surface area contributed by atoms with E-state index in [0.29, 0.717) is 51.1 Å². The molecule has 0 bridgehead atoms. The minimum Gasteiger partial charge on any atom is -0.465 e. The first-order valence-electron chi connectivity index (χ1n) is 17.5. The summed E-state index contributed by atoms with van der Waals surface area (Å²) in [6.07, 6.45) is 5.61. The highest BCUT2D eigenvalue weighted by Gasteiger charge is 2.35. The van der Waals surface area contributed by atoms with E-state index < -0.39 is 23.6 Å². The van der Waals surface area contributed by atoms with Crippen molar-refractivity contribution in [2.75, 3.05) is 18.4 Å². The Bertz CT molecular complexity index is 1980. The summed E-state index contributed by atoms with van der Waals surface area (Å²) in [7, 11) is 0. The lowest BCUT2D eigenvalue weighted by atomic mass is 9.86. The Kier molecular flexibility index (Phi) is 10.5. The van der Waals surface area contributed by atoms with E-state index in [0.717, 1.165) is 43.8 Å². The van der Waals surface area contributed by atoms with Crippen LogP contribution >= 0.6 is 0 Å². The van der Waals surface area contributed by atoms with Gasteiger partial charge in [-0.25, -0.2) is 14.6 Å². The third kappa shape index (κ3) is 7.88. The maximum absolute atomic E-state index is 14.0. The number of anilines is 1. The number of rotatable bonds is 10. The molecule has 5 amide bonds. The summed E-state index contributed by atoms with van der Waals surface area (Å²) in [6.45, 7) is 8.50. The number of unbranched alkanes of at least 4 members (excludes halogenated alkanes) is 1. The quantitative estimate of drug-likeness (QED) is 0.172. The second-order valence-electron chi connectivity index (χ2n) is 14.2. The zero-order valence-electron chi connectivity index (χ0n) is 29.9. The summed E-state index contributed by atoms with van der Waals surface area (Å²) in [5.41, 5.74) is 5.30. The molecule has 13 nitrogen and oxygen atoms in total. The summed E-state index contributed by atoms with van der Waals surface area (Å²) in [4.78, 5) is 63.3. The molecule has 2 aliphatic rings. The fourth-order valence-electron chi connectivity index (χ4n) is 6.91. The van der Waals surface area contributed by atoms with E-state index in [1.807, 2.05) is 60.7 Å². The van der Waals surface area contributed by atoms with Gasteiger partial charge in [-0.1, -0.05) is 30.3 Å². The fourth-order valence-corrected chi connectivity index (χ4v) is 6.91. The van der Waals surface area contributed by atoms with Gasteiger partial charge in [-0.05, 0) is 93.1 Å². The third-order valence-electron chi connectivity index (χ3n) is 9.52. The van der Waals surface area contributed by atoms with Crippen LogP contribution < -0.4 is 10.6 Å². The normalized spacial score (nSPS) is 16.3. The van der Waals surface area contributed by atoms with Gasteiger partial charge < -0.3 is 20.6 Å². The molecule has 0 fully saturated rings. The number of hydrogen-bond acceptors (Lipinski definition) is 7. The minimum absolute atomic E-state index is 0.120. The molecule has 6 rings (SSSR count). The lowest BCUT2D eigenvalue weighted by Gasteiger charge is -2.37. The van der Waals surface area contributed by atoms with Crippen LogP contribution in [-0.4, -0.2) is 84.2 Å². The molecule has 2 atom stereocenters. The second-order valence-corrected chi connectivity index (χ2v) is 14.2. The average molecular weight is 705 g/mol. The molecule has 0 spiro atoms. The zero-order chi connectivity index (χ0) is 37.0. The summed E-state index contributed by atoms with van der Waals surface area (Å²) in [5, 5.41) is 22.7. The number of fused-ring (bicyclic) bond motifs is 2. The lowest BCUT2D eigenvalue weighted by molar-refractivity contribution is -0.133. The maximum atomic E-state index is 14.0. The van der Waals surface area contributed by atoms with E-state index in [9.17, 15) is 24.3 Å². The van der Waals surface area contributed by atoms with Crippen LogP contribution in [0.15, 0.2) is 84.4 Å². The molecule has 0 aliphatic carbocycles. The van der Waals surface area contributed by atoms with Crippen molar-refractivity contribution in [1.29, 1.82) is 0 Å². The standard InChI is InChI=1S/C39H44N8O5/c1-25(47(38(51)52)39(2,3)4)35(48)42-17-5-6-20-46-36(49)32(30-9-7-11-33-31(30)10-8-18-41-33)21-34(44-46)26-12-14-29(15-13-26)43-37(50)45-23-27-16-19-40-22-28(27)24-45/h7-16,18-19,22,25,32H,5-6,17,20-21,23-24H2,1-4H3,(H,42,48)(H,43,50)(H,51,52). The van der Waals surface area contributed by atoms with Crippen molar-refractivity contribution in [3.63, 3.8) is 0 Å². The van der Waals surface area contributed by atoms with Crippen molar-refractivity contribution < 1.29 is 24.3 Å².